The molecule has 1 aliphatic carbocycles. The van der Waals surface area contributed by atoms with Crippen molar-refractivity contribution in [3.8, 4) is 0 Å². The molecule has 0 aromatic carbocycles. The Morgan fingerprint density at radius 2 is 1.95 bits per heavy atom. The molecule has 1 aliphatic heterocycles. The van der Waals surface area contributed by atoms with Crippen molar-refractivity contribution in [3.63, 3.8) is 0 Å². The van der Waals surface area contributed by atoms with Gasteiger partial charge in [0.2, 0.25) is 11.8 Å². The molecule has 2 unspecified atom stereocenters. The van der Waals surface area contributed by atoms with Gasteiger partial charge in [-0.15, -0.1) is 0 Å². The first kappa shape index (κ1) is 14.4. The summed E-state index contributed by atoms with van der Waals surface area (Å²) >= 11 is 0. The second kappa shape index (κ2) is 5.51. The maximum absolute atomic E-state index is 12.5. The fourth-order valence-electron chi connectivity index (χ4n) is 3.32. The predicted octanol–water partition coefficient (Wildman–Crippen LogP) is 1.94. The second-order valence-electron chi connectivity index (χ2n) is 6.70. The van der Waals surface area contributed by atoms with Gasteiger partial charge in [0.1, 0.15) is 5.54 Å². The van der Waals surface area contributed by atoms with E-state index in [2.05, 4.69) is 12.2 Å². The van der Waals surface area contributed by atoms with Gasteiger partial charge in [0.25, 0.3) is 0 Å². The number of amides is 2. The standard InChI is InChI=1S/C15H26N2O2/c1-11-6-4-5-7-12(11)10-17-9-8-13(18)16-15(2,3)14(17)19/h11-12H,4-10H2,1-3H3,(H,16,18). The third-order valence-corrected chi connectivity index (χ3v) is 4.63. The first-order valence-electron chi connectivity index (χ1n) is 7.50. The van der Waals surface area contributed by atoms with Crippen molar-refractivity contribution < 1.29 is 9.59 Å². The van der Waals surface area contributed by atoms with E-state index in [0.717, 1.165) is 6.54 Å². The lowest BCUT2D eigenvalue weighted by Crippen LogP contribution is -2.53. The zero-order chi connectivity index (χ0) is 14.0. The minimum absolute atomic E-state index is 0.0162. The van der Waals surface area contributed by atoms with Crippen LogP contribution >= 0.6 is 0 Å². The molecular formula is C15H26N2O2. The summed E-state index contributed by atoms with van der Waals surface area (Å²) in [6, 6.07) is 0. The average molecular weight is 266 g/mol. The first-order chi connectivity index (χ1) is 8.90. The van der Waals surface area contributed by atoms with Crippen LogP contribution in [0.25, 0.3) is 0 Å². The summed E-state index contributed by atoms with van der Waals surface area (Å²) in [6.45, 7) is 7.28. The topological polar surface area (TPSA) is 49.4 Å². The van der Waals surface area contributed by atoms with Crippen molar-refractivity contribution >= 4 is 11.8 Å². The Morgan fingerprint density at radius 3 is 2.63 bits per heavy atom. The normalized spacial score (nSPS) is 31.8. The van der Waals surface area contributed by atoms with Crippen molar-refractivity contribution in [2.45, 2.75) is 58.4 Å². The molecule has 0 spiro atoms. The van der Waals surface area contributed by atoms with Gasteiger partial charge in [0.05, 0.1) is 0 Å². The van der Waals surface area contributed by atoms with Crippen LogP contribution in [0.4, 0.5) is 0 Å². The molecule has 19 heavy (non-hydrogen) atoms. The van der Waals surface area contributed by atoms with Crippen LogP contribution in [0.1, 0.15) is 52.9 Å². The number of carbonyl (C=O) groups is 2. The Bertz CT molecular complexity index is 365. The van der Waals surface area contributed by atoms with E-state index < -0.39 is 5.54 Å². The fourth-order valence-corrected chi connectivity index (χ4v) is 3.32. The molecule has 0 radical (unpaired) electrons. The summed E-state index contributed by atoms with van der Waals surface area (Å²) in [7, 11) is 0. The molecule has 0 aromatic heterocycles. The lowest BCUT2D eigenvalue weighted by Gasteiger charge is -2.35. The van der Waals surface area contributed by atoms with Crippen LogP contribution < -0.4 is 5.32 Å². The Labute approximate surface area is 115 Å². The second-order valence-corrected chi connectivity index (χ2v) is 6.70. The van der Waals surface area contributed by atoms with E-state index in [1.54, 1.807) is 13.8 Å². The highest BCUT2D eigenvalue weighted by molar-refractivity contribution is 5.92. The Balaban J connectivity index is 2.05. The van der Waals surface area contributed by atoms with Gasteiger partial charge in [-0.3, -0.25) is 9.59 Å². The SMILES string of the molecule is CC1CCCCC1CN1CCC(=O)NC(C)(C)C1=O. The zero-order valence-corrected chi connectivity index (χ0v) is 12.4. The van der Waals surface area contributed by atoms with E-state index in [1.807, 2.05) is 4.90 Å². The quantitative estimate of drug-likeness (QED) is 0.830. The largest absolute Gasteiger partial charge is 0.342 e. The van der Waals surface area contributed by atoms with Crippen LogP contribution in [-0.2, 0) is 9.59 Å². The molecule has 2 fully saturated rings. The third kappa shape index (κ3) is 3.28. The molecule has 1 saturated heterocycles. The summed E-state index contributed by atoms with van der Waals surface area (Å²) < 4.78 is 0. The van der Waals surface area contributed by atoms with Crippen molar-refractivity contribution in [3.05, 3.63) is 0 Å². The van der Waals surface area contributed by atoms with Gasteiger partial charge in [-0.05, 0) is 32.1 Å². The van der Waals surface area contributed by atoms with E-state index >= 15 is 0 Å². The molecular weight excluding hydrogens is 240 g/mol. The van der Waals surface area contributed by atoms with Gasteiger partial charge in [-0.25, -0.2) is 0 Å². The molecule has 2 amide bonds. The first-order valence-corrected chi connectivity index (χ1v) is 7.50. The number of nitrogens with one attached hydrogen (secondary N) is 1. The van der Waals surface area contributed by atoms with Crippen LogP contribution in [0.2, 0.25) is 0 Å². The van der Waals surface area contributed by atoms with E-state index in [-0.39, 0.29) is 11.8 Å². The lowest BCUT2D eigenvalue weighted by atomic mass is 9.80. The molecule has 4 nitrogen and oxygen atoms in total. The van der Waals surface area contributed by atoms with Gasteiger partial charge < -0.3 is 10.2 Å². The molecule has 1 N–H and O–H groups in total. The van der Waals surface area contributed by atoms with Gasteiger partial charge in [-0.1, -0.05) is 26.2 Å². The minimum Gasteiger partial charge on any atom is -0.342 e. The highest BCUT2D eigenvalue weighted by atomic mass is 16.2. The molecule has 0 bridgehead atoms. The maximum Gasteiger partial charge on any atom is 0.247 e. The summed E-state index contributed by atoms with van der Waals surface area (Å²) in [6.07, 6.45) is 5.51. The van der Waals surface area contributed by atoms with E-state index in [1.165, 1.54) is 25.7 Å². The molecule has 2 aliphatic rings. The molecule has 108 valence electrons. The molecule has 1 heterocycles. The van der Waals surface area contributed by atoms with Crippen LogP contribution in [0.5, 0.6) is 0 Å². The summed E-state index contributed by atoms with van der Waals surface area (Å²) in [5.41, 5.74) is -0.758. The van der Waals surface area contributed by atoms with E-state index in [9.17, 15) is 9.59 Å². The maximum atomic E-state index is 12.5. The van der Waals surface area contributed by atoms with Crippen LogP contribution in [0, 0.1) is 11.8 Å². The Kier molecular flexibility index (Phi) is 4.16. The highest BCUT2D eigenvalue weighted by Crippen LogP contribution is 2.31. The number of carbonyl (C=O) groups excluding carboxylic acids is 2. The van der Waals surface area contributed by atoms with Crippen molar-refractivity contribution in [1.82, 2.24) is 10.2 Å². The lowest BCUT2D eigenvalue weighted by molar-refractivity contribution is -0.138. The van der Waals surface area contributed by atoms with Gasteiger partial charge in [0, 0.05) is 19.5 Å². The summed E-state index contributed by atoms with van der Waals surface area (Å²) in [5.74, 6) is 1.34. The van der Waals surface area contributed by atoms with Gasteiger partial charge in [0.15, 0.2) is 0 Å². The monoisotopic (exact) mass is 266 g/mol. The van der Waals surface area contributed by atoms with Crippen LogP contribution in [0.3, 0.4) is 0 Å². The summed E-state index contributed by atoms with van der Waals surface area (Å²) in [5, 5.41) is 2.82. The molecule has 4 heteroatoms. The smallest absolute Gasteiger partial charge is 0.247 e. The van der Waals surface area contributed by atoms with Crippen molar-refractivity contribution in [2.24, 2.45) is 11.8 Å². The third-order valence-electron chi connectivity index (χ3n) is 4.63. The molecule has 1 saturated carbocycles. The average Bonchev–Trinajstić information content (AvgIpc) is 2.43. The molecule has 0 aromatic rings. The van der Waals surface area contributed by atoms with Crippen molar-refractivity contribution in [2.75, 3.05) is 13.1 Å². The number of hydrogen-bond acceptors (Lipinski definition) is 2. The number of hydrogen-bond donors (Lipinski definition) is 1. The van der Waals surface area contributed by atoms with E-state index in [4.69, 9.17) is 0 Å². The van der Waals surface area contributed by atoms with Crippen molar-refractivity contribution in [1.29, 1.82) is 0 Å². The minimum atomic E-state index is -0.758. The zero-order valence-electron chi connectivity index (χ0n) is 12.4. The van der Waals surface area contributed by atoms with Gasteiger partial charge in [-0.2, -0.15) is 0 Å². The summed E-state index contributed by atoms with van der Waals surface area (Å²) in [4.78, 5) is 26.1. The highest BCUT2D eigenvalue weighted by Gasteiger charge is 2.37. The fraction of sp³-hybridized carbons (Fsp3) is 0.867. The predicted molar refractivity (Wildman–Crippen MR) is 74.5 cm³/mol. The number of nitrogens with zero attached hydrogens (tertiary/aromatic N) is 1. The Hall–Kier alpha value is -1.06. The van der Waals surface area contributed by atoms with Crippen LogP contribution in [0.15, 0.2) is 0 Å². The molecule has 2 atom stereocenters. The number of rotatable bonds is 2. The Morgan fingerprint density at radius 1 is 1.26 bits per heavy atom. The van der Waals surface area contributed by atoms with E-state index in [0.29, 0.717) is 24.8 Å². The van der Waals surface area contributed by atoms with Crippen LogP contribution in [-0.4, -0.2) is 35.3 Å². The molecule has 2 rings (SSSR count). The van der Waals surface area contributed by atoms with Gasteiger partial charge >= 0.3 is 0 Å².